The average molecular weight is 172 g/mol. The van der Waals surface area contributed by atoms with E-state index in [-0.39, 0.29) is 12.2 Å². The number of carboxylic acids is 1. The predicted octanol–water partition coefficient (Wildman–Crippen LogP) is 0.194. The van der Waals surface area contributed by atoms with E-state index in [2.05, 4.69) is 9.68 Å². The first-order chi connectivity index (χ1) is 5.59. The topological polar surface area (TPSA) is 86.8 Å². The van der Waals surface area contributed by atoms with E-state index < -0.39 is 5.97 Å². The lowest BCUT2D eigenvalue weighted by molar-refractivity contribution is -0.0783. The second-order valence-electron chi connectivity index (χ2n) is 2.30. The first kappa shape index (κ1) is 8.69. The number of carbonyl (C=O) groups is 1. The maximum atomic E-state index is 10.3. The molecule has 0 fully saturated rings. The molecule has 1 aromatic rings. The third-order valence-corrected chi connectivity index (χ3v) is 1.16. The van der Waals surface area contributed by atoms with Crippen LogP contribution < -0.4 is 0 Å². The van der Waals surface area contributed by atoms with Crippen molar-refractivity contribution < 1.29 is 19.6 Å². The molecule has 0 bridgehead atoms. The van der Waals surface area contributed by atoms with Gasteiger partial charge in [0, 0.05) is 13.1 Å². The van der Waals surface area contributed by atoms with Crippen molar-refractivity contribution in [1.82, 2.24) is 10.2 Å². The number of nitrogens with zero attached hydrogens (tertiary/aromatic N) is 2. The maximum Gasteiger partial charge on any atom is 0.358 e. The zero-order valence-electron chi connectivity index (χ0n) is 6.39. The number of hydrogen-bond donors (Lipinski definition) is 2. The zero-order valence-corrected chi connectivity index (χ0v) is 6.39. The van der Waals surface area contributed by atoms with Crippen molar-refractivity contribution in [3.05, 3.63) is 17.5 Å². The summed E-state index contributed by atoms with van der Waals surface area (Å²) in [7, 11) is 1.42. The van der Waals surface area contributed by atoms with Gasteiger partial charge < -0.3 is 14.8 Å². The van der Waals surface area contributed by atoms with E-state index in [1.807, 2.05) is 0 Å². The van der Waals surface area contributed by atoms with Crippen molar-refractivity contribution in [3.8, 4) is 0 Å². The van der Waals surface area contributed by atoms with Crippen LogP contribution in [0.5, 0.6) is 0 Å². The Kier molecular flexibility index (Phi) is 2.41. The van der Waals surface area contributed by atoms with Gasteiger partial charge in [-0.1, -0.05) is 5.16 Å². The summed E-state index contributed by atoms with van der Waals surface area (Å²) in [5.74, 6) is -0.844. The van der Waals surface area contributed by atoms with Crippen LogP contribution in [-0.4, -0.2) is 33.6 Å². The van der Waals surface area contributed by atoms with E-state index >= 15 is 0 Å². The minimum Gasteiger partial charge on any atom is -0.476 e. The third kappa shape index (κ3) is 2.04. The quantitative estimate of drug-likeness (QED) is 0.633. The van der Waals surface area contributed by atoms with E-state index in [4.69, 9.17) is 10.3 Å². The summed E-state index contributed by atoms with van der Waals surface area (Å²) >= 11 is 0. The van der Waals surface area contributed by atoms with Crippen LogP contribution in [0.2, 0.25) is 0 Å². The summed E-state index contributed by atoms with van der Waals surface area (Å²) in [4.78, 5) is 10.3. The Morgan fingerprint density at radius 1 is 1.83 bits per heavy atom. The van der Waals surface area contributed by atoms with E-state index in [0.717, 1.165) is 5.06 Å². The highest BCUT2D eigenvalue weighted by atomic mass is 16.5. The van der Waals surface area contributed by atoms with Crippen LogP contribution in [-0.2, 0) is 6.54 Å². The van der Waals surface area contributed by atoms with Gasteiger partial charge in [0.1, 0.15) is 0 Å². The molecule has 2 N–H and O–H groups in total. The van der Waals surface area contributed by atoms with Crippen molar-refractivity contribution in [2.24, 2.45) is 0 Å². The lowest BCUT2D eigenvalue weighted by Crippen LogP contribution is -2.10. The van der Waals surface area contributed by atoms with Crippen LogP contribution in [0, 0.1) is 0 Å². The molecule has 1 heterocycles. The molecule has 6 heteroatoms. The molecule has 0 spiro atoms. The van der Waals surface area contributed by atoms with Gasteiger partial charge in [0.2, 0.25) is 0 Å². The highest BCUT2D eigenvalue weighted by Gasteiger charge is 2.10. The van der Waals surface area contributed by atoms with Gasteiger partial charge in [-0.25, -0.2) is 4.79 Å². The van der Waals surface area contributed by atoms with Crippen molar-refractivity contribution in [1.29, 1.82) is 0 Å². The Balaban J connectivity index is 2.71. The molecular formula is C6H8N2O4. The molecule has 0 saturated carbocycles. The SMILES string of the molecule is CN(O)Cc1cc(C(=O)O)no1. The van der Waals surface area contributed by atoms with Crippen LogP contribution >= 0.6 is 0 Å². The first-order valence-corrected chi connectivity index (χ1v) is 3.18. The Hall–Kier alpha value is -1.40. The van der Waals surface area contributed by atoms with Crippen LogP contribution in [0.25, 0.3) is 0 Å². The number of hydroxylamine groups is 2. The fourth-order valence-corrected chi connectivity index (χ4v) is 0.714. The number of carboxylic acid groups (broad SMARTS) is 1. The smallest absolute Gasteiger partial charge is 0.358 e. The van der Waals surface area contributed by atoms with Crippen molar-refractivity contribution in [2.45, 2.75) is 6.54 Å². The van der Waals surface area contributed by atoms with Gasteiger partial charge in [0.15, 0.2) is 11.5 Å². The summed E-state index contributed by atoms with van der Waals surface area (Å²) in [6, 6.07) is 1.26. The zero-order chi connectivity index (χ0) is 9.14. The number of aromatic nitrogens is 1. The van der Waals surface area contributed by atoms with Crippen LogP contribution in [0.15, 0.2) is 10.6 Å². The van der Waals surface area contributed by atoms with Gasteiger partial charge in [-0.05, 0) is 0 Å². The number of hydrogen-bond acceptors (Lipinski definition) is 5. The summed E-state index contributed by atoms with van der Waals surface area (Å²) in [6.45, 7) is 0.111. The standard InChI is InChI=1S/C6H8N2O4/c1-8(11)3-4-2-5(6(9)10)7-12-4/h2,11H,3H2,1H3,(H,9,10). The highest BCUT2D eigenvalue weighted by Crippen LogP contribution is 2.04. The Morgan fingerprint density at radius 3 is 2.92 bits per heavy atom. The second kappa shape index (κ2) is 3.33. The molecule has 0 unspecified atom stereocenters. The largest absolute Gasteiger partial charge is 0.476 e. The number of aromatic carboxylic acids is 1. The monoisotopic (exact) mass is 172 g/mol. The van der Waals surface area contributed by atoms with Gasteiger partial charge in [-0.3, -0.25) is 0 Å². The highest BCUT2D eigenvalue weighted by molar-refractivity contribution is 5.85. The minimum atomic E-state index is -1.15. The Morgan fingerprint density at radius 2 is 2.50 bits per heavy atom. The Labute approximate surface area is 68.0 Å². The molecule has 66 valence electrons. The Bertz CT molecular complexity index is 281. The van der Waals surface area contributed by atoms with Crippen molar-refractivity contribution in [2.75, 3.05) is 7.05 Å². The first-order valence-electron chi connectivity index (χ1n) is 3.18. The van der Waals surface area contributed by atoms with Gasteiger partial charge >= 0.3 is 5.97 Å². The van der Waals surface area contributed by atoms with Crippen LogP contribution in [0.3, 0.4) is 0 Å². The van der Waals surface area contributed by atoms with Crippen molar-refractivity contribution >= 4 is 5.97 Å². The van der Waals surface area contributed by atoms with Gasteiger partial charge in [-0.15, -0.1) is 0 Å². The number of rotatable bonds is 3. The molecule has 0 radical (unpaired) electrons. The average Bonchev–Trinajstić information content (AvgIpc) is 2.34. The summed E-state index contributed by atoms with van der Waals surface area (Å²) in [5, 5.41) is 21.3. The van der Waals surface area contributed by atoms with Crippen LogP contribution in [0.4, 0.5) is 0 Å². The molecule has 0 amide bonds. The molecule has 0 aliphatic rings. The molecule has 0 aliphatic carbocycles. The lowest BCUT2D eigenvalue weighted by atomic mass is 10.3. The minimum absolute atomic E-state index is 0.111. The molecule has 6 nitrogen and oxygen atoms in total. The summed E-state index contributed by atoms with van der Waals surface area (Å²) in [6.07, 6.45) is 0. The normalized spacial score (nSPS) is 10.6. The second-order valence-corrected chi connectivity index (χ2v) is 2.30. The molecule has 1 rings (SSSR count). The van der Waals surface area contributed by atoms with Crippen molar-refractivity contribution in [3.63, 3.8) is 0 Å². The fourth-order valence-electron chi connectivity index (χ4n) is 0.714. The third-order valence-electron chi connectivity index (χ3n) is 1.16. The lowest BCUT2D eigenvalue weighted by Gasteiger charge is -2.01. The molecule has 1 aromatic heterocycles. The van der Waals surface area contributed by atoms with E-state index in [9.17, 15) is 4.79 Å². The molecule has 12 heavy (non-hydrogen) atoms. The summed E-state index contributed by atoms with van der Waals surface area (Å²) in [5.41, 5.74) is -0.160. The van der Waals surface area contributed by atoms with E-state index in [0.29, 0.717) is 5.76 Å². The van der Waals surface area contributed by atoms with Gasteiger partial charge in [0.05, 0.1) is 6.54 Å². The molecule has 0 aromatic carbocycles. The predicted molar refractivity (Wildman–Crippen MR) is 36.7 cm³/mol. The van der Waals surface area contributed by atoms with E-state index in [1.54, 1.807) is 0 Å². The fraction of sp³-hybridized carbons (Fsp3) is 0.333. The molecule has 0 saturated heterocycles. The molecule has 0 aliphatic heterocycles. The molecular weight excluding hydrogens is 164 g/mol. The van der Waals surface area contributed by atoms with Crippen LogP contribution in [0.1, 0.15) is 16.2 Å². The van der Waals surface area contributed by atoms with Gasteiger partial charge in [-0.2, -0.15) is 5.06 Å². The van der Waals surface area contributed by atoms with E-state index in [1.165, 1.54) is 13.1 Å². The summed E-state index contributed by atoms with van der Waals surface area (Å²) < 4.78 is 4.60. The maximum absolute atomic E-state index is 10.3. The van der Waals surface area contributed by atoms with Gasteiger partial charge in [0.25, 0.3) is 0 Å². The molecule has 0 atom stereocenters.